The topological polar surface area (TPSA) is 21.3 Å². The zero-order valence-corrected chi connectivity index (χ0v) is 13.7. The van der Waals surface area contributed by atoms with Gasteiger partial charge in [0.15, 0.2) is 0 Å². The molecule has 1 fully saturated rings. The Bertz CT molecular complexity index is 490. The second-order valence-electron chi connectivity index (χ2n) is 7.69. The van der Waals surface area contributed by atoms with Crippen molar-refractivity contribution in [2.45, 2.75) is 57.4 Å². The monoisotopic (exact) mass is 287 g/mol. The van der Waals surface area contributed by atoms with Crippen molar-refractivity contribution in [3.8, 4) is 0 Å². The van der Waals surface area contributed by atoms with E-state index in [1.165, 1.54) is 43.2 Å². The third-order valence-electron chi connectivity index (χ3n) is 5.64. The molecular formula is C19H29NO. The summed E-state index contributed by atoms with van der Waals surface area (Å²) >= 11 is 0. The van der Waals surface area contributed by atoms with E-state index in [9.17, 15) is 0 Å². The van der Waals surface area contributed by atoms with Gasteiger partial charge in [-0.1, -0.05) is 38.1 Å². The highest BCUT2D eigenvalue weighted by Crippen LogP contribution is 2.49. The summed E-state index contributed by atoms with van der Waals surface area (Å²) in [6.45, 7) is 6.80. The fraction of sp³-hybridized carbons (Fsp3) is 0.684. The van der Waals surface area contributed by atoms with Gasteiger partial charge < -0.3 is 10.1 Å². The molecule has 0 aliphatic heterocycles. The van der Waals surface area contributed by atoms with Crippen LogP contribution in [0.4, 0.5) is 0 Å². The summed E-state index contributed by atoms with van der Waals surface area (Å²) in [7, 11) is 1.81. The van der Waals surface area contributed by atoms with E-state index in [0.29, 0.717) is 16.9 Å². The van der Waals surface area contributed by atoms with Crippen LogP contribution in [0.5, 0.6) is 0 Å². The SMILES string of the molecule is COCCC1(CNC2CCC(C)(C)c3ccccc32)CC1. The number of fused-ring (bicyclic) bond motifs is 1. The minimum Gasteiger partial charge on any atom is -0.385 e. The van der Waals surface area contributed by atoms with Gasteiger partial charge in [-0.2, -0.15) is 0 Å². The first-order valence-corrected chi connectivity index (χ1v) is 8.38. The number of benzene rings is 1. The van der Waals surface area contributed by atoms with E-state index >= 15 is 0 Å². The lowest BCUT2D eigenvalue weighted by atomic mass is 9.71. The van der Waals surface area contributed by atoms with Crippen molar-refractivity contribution in [2.75, 3.05) is 20.3 Å². The molecule has 3 rings (SSSR count). The Balaban J connectivity index is 1.67. The number of rotatable bonds is 6. The maximum Gasteiger partial charge on any atom is 0.0468 e. The van der Waals surface area contributed by atoms with Crippen molar-refractivity contribution in [1.82, 2.24) is 5.32 Å². The molecule has 2 aliphatic rings. The maximum atomic E-state index is 5.27. The van der Waals surface area contributed by atoms with Crippen molar-refractivity contribution >= 4 is 0 Å². The van der Waals surface area contributed by atoms with E-state index in [1.54, 1.807) is 0 Å². The highest BCUT2D eigenvalue weighted by molar-refractivity contribution is 5.38. The molecule has 1 aromatic rings. The lowest BCUT2D eigenvalue weighted by molar-refractivity contribution is 0.169. The molecule has 2 heteroatoms. The first-order chi connectivity index (χ1) is 10.1. The van der Waals surface area contributed by atoms with E-state index in [2.05, 4.69) is 43.4 Å². The van der Waals surface area contributed by atoms with Crippen LogP contribution in [0.25, 0.3) is 0 Å². The molecule has 0 amide bonds. The number of hydrogen-bond acceptors (Lipinski definition) is 2. The van der Waals surface area contributed by atoms with Crippen LogP contribution in [0.3, 0.4) is 0 Å². The Morgan fingerprint density at radius 3 is 2.67 bits per heavy atom. The molecule has 21 heavy (non-hydrogen) atoms. The van der Waals surface area contributed by atoms with Crippen molar-refractivity contribution in [1.29, 1.82) is 0 Å². The third kappa shape index (κ3) is 3.17. The molecular weight excluding hydrogens is 258 g/mol. The summed E-state index contributed by atoms with van der Waals surface area (Å²) in [5, 5.41) is 3.87. The minimum atomic E-state index is 0.322. The lowest BCUT2D eigenvalue weighted by Gasteiger charge is -2.38. The van der Waals surface area contributed by atoms with Crippen LogP contribution in [0.2, 0.25) is 0 Å². The van der Waals surface area contributed by atoms with Crippen LogP contribution in [0, 0.1) is 5.41 Å². The van der Waals surface area contributed by atoms with Gasteiger partial charge in [-0.25, -0.2) is 0 Å². The Kier molecular flexibility index (Phi) is 4.11. The predicted molar refractivity (Wildman–Crippen MR) is 87.6 cm³/mol. The number of ether oxygens (including phenoxy) is 1. The van der Waals surface area contributed by atoms with E-state index in [-0.39, 0.29) is 0 Å². The average Bonchev–Trinajstić information content (AvgIpc) is 3.25. The normalized spacial score (nSPS) is 25.4. The van der Waals surface area contributed by atoms with Gasteiger partial charge in [-0.3, -0.25) is 0 Å². The minimum absolute atomic E-state index is 0.322. The van der Waals surface area contributed by atoms with Crippen LogP contribution in [0.15, 0.2) is 24.3 Å². The maximum absolute atomic E-state index is 5.27. The predicted octanol–water partition coefficient (Wildman–Crippen LogP) is 4.21. The first-order valence-electron chi connectivity index (χ1n) is 8.38. The second kappa shape index (κ2) is 5.73. The molecule has 1 aromatic carbocycles. The van der Waals surface area contributed by atoms with Crippen LogP contribution in [0.1, 0.15) is 63.1 Å². The Morgan fingerprint density at radius 1 is 1.19 bits per heavy atom. The molecule has 0 aromatic heterocycles. The van der Waals surface area contributed by atoms with Gasteiger partial charge >= 0.3 is 0 Å². The van der Waals surface area contributed by atoms with E-state index in [1.807, 2.05) is 7.11 Å². The summed E-state index contributed by atoms with van der Waals surface area (Å²) in [4.78, 5) is 0. The van der Waals surface area contributed by atoms with E-state index in [4.69, 9.17) is 4.74 Å². The first kappa shape index (κ1) is 15.1. The third-order valence-corrected chi connectivity index (χ3v) is 5.64. The largest absolute Gasteiger partial charge is 0.385 e. The Hall–Kier alpha value is -0.860. The van der Waals surface area contributed by atoms with Gasteiger partial charge in [-0.05, 0) is 54.1 Å². The molecule has 0 bridgehead atoms. The number of nitrogens with one attached hydrogen (secondary N) is 1. The zero-order chi connectivity index (χ0) is 14.9. The quantitative estimate of drug-likeness (QED) is 0.846. The summed E-state index contributed by atoms with van der Waals surface area (Å²) in [6, 6.07) is 9.55. The Labute approximate surface area is 129 Å². The van der Waals surface area contributed by atoms with E-state index < -0.39 is 0 Å². The fourth-order valence-electron chi connectivity index (χ4n) is 3.77. The second-order valence-corrected chi connectivity index (χ2v) is 7.69. The van der Waals surface area contributed by atoms with Gasteiger partial charge in [0.2, 0.25) is 0 Å². The number of hydrogen-bond donors (Lipinski definition) is 1. The zero-order valence-electron chi connectivity index (χ0n) is 13.7. The van der Waals surface area contributed by atoms with Crippen molar-refractivity contribution in [3.63, 3.8) is 0 Å². The lowest BCUT2D eigenvalue weighted by Crippen LogP contribution is -2.35. The summed E-state index contributed by atoms with van der Waals surface area (Å²) in [5.41, 5.74) is 3.91. The van der Waals surface area contributed by atoms with Gasteiger partial charge in [0, 0.05) is 26.3 Å². The summed E-state index contributed by atoms with van der Waals surface area (Å²) in [5.74, 6) is 0. The van der Waals surface area contributed by atoms with E-state index in [0.717, 1.165) is 13.2 Å². The molecule has 0 spiro atoms. The number of methoxy groups -OCH3 is 1. The molecule has 1 atom stereocenters. The van der Waals surface area contributed by atoms with Gasteiger partial charge in [-0.15, -0.1) is 0 Å². The summed E-state index contributed by atoms with van der Waals surface area (Å²) in [6.07, 6.45) is 6.46. The molecule has 1 N–H and O–H groups in total. The molecule has 1 unspecified atom stereocenters. The molecule has 0 saturated heterocycles. The molecule has 1 saturated carbocycles. The molecule has 116 valence electrons. The average molecular weight is 287 g/mol. The van der Waals surface area contributed by atoms with Gasteiger partial charge in [0.05, 0.1) is 0 Å². The van der Waals surface area contributed by atoms with Crippen LogP contribution in [-0.2, 0) is 10.2 Å². The fourth-order valence-corrected chi connectivity index (χ4v) is 3.77. The van der Waals surface area contributed by atoms with Crippen molar-refractivity contribution in [3.05, 3.63) is 35.4 Å². The Morgan fingerprint density at radius 2 is 1.95 bits per heavy atom. The molecule has 0 heterocycles. The highest BCUT2D eigenvalue weighted by Gasteiger charge is 2.42. The summed E-state index contributed by atoms with van der Waals surface area (Å²) < 4.78 is 5.27. The van der Waals surface area contributed by atoms with Crippen LogP contribution in [-0.4, -0.2) is 20.3 Å². The van der Waals surface area contributed by atoms with Crippen LogP contribution < -0.4 is 5.32 Å². The van der Waals surface area contributed by atoms with Crippen molar-refractivity contribution < 1.29 is 4.74 Å². The van der Waals surface area contributed by atoms with Crippen molar-refractivity contribution in [2.24, 2.45) is 5.41 Å². The van der Waals surface area contributed by atoms with Gasteiger partial charge in [0.1, 0.15) is 0 Å². The molecule has 2 nitrogen and oxygen atoms in total. The molecule has 0 radical (unpaired) electrons. The van der Waals surface area contributed by atoms with Crippen LogP contribution >= 0.6 is 0 Å². The highest BCUT2D eigenvalue weighted by atomic mass is 16.5. The van der Waals surface area contributed by atoms with Gasteiger partial charge in [0.25, 0.3) is 0 Å². The standard InChI is InChI=1S/C19H29NO/c1-18(2)9-8-17(15-6-4-5-7-16(15)18)20-14-19(10-11-19)12-13-21-3/h4-7,17,20H,8-14H2,1-3H3. The molecule has 2 aliphatic carbocycles. The smallest absolute Gasteiger partial charge is 0.0468 e.